The van der Waals surface area contributed by atoms with Crippen LogP contribution in [0, 0.1) is 0 Å². The van der Waals surface area contributed by atoms with E-state index < -0.39 is 5.69 Å². The minimum atomic E-state index is -0.424. The largest absolute Gasteiger partial charge is 0.463 e. The second kappa shape index (κ2) is 6.51. The van der Waals surface area contributed by atoms with Crippen LogP contribution in [0.3, 0.4) is 0 Å². The van der Waals surface area contributed by atoms with Crippen LogP contribution in [-0.2, 0) is 0 Å². The van der Waals surface area contributed by atoms with Gasteiger partial charge in [-0.2, -0.15) is 4.98 Å². The molecule has 0 saturated carbocycles. The molecule has 7 heteroatoms. The first-order valence-corrected chi connectivity index (χ1v) is 8.95. The minimum Gasteiger partial charge on any atom is -0.463 e. The Bertz CT molecular complexity index is 1360. The lowest BCUT2D eigenvalue weighted by Gasteiger charge is -2.14. The maximum absolute atomic E-state index is 13.0. The molecule has 28 heavy (non-hydrogen) atoms. The number of pyridine rings is 1. The van der Waals surface area contributed by atoms with E-state index in [-0.39, 0.29) is 0 Å². The fraction of sp³-hybridized carbons (Fsp3) is 0. The van der Waals surface area contributed by atoms with Crippen molar-refractivity contribution in [2.75, 3.05) is 5.32 Å². The third-order valence-corrected chi connectivity index (χ3v) is 4.80. The number of hydrogen-bond acceptors (Lipinski definition) is 5. The highest BCUT2D eigenvalue weighted by Crippen LogP contribution is 2.36. The minimum absolute atomic E-state index is 0.386. The average molecular weight is 389 g/mol. The summed E-state index contributed by atoms with van der Waals surface area (Å²) < 4.78 is 7.25. The molecule has 3 aromatic heterocycles. The SMILES string of the molecule is O=c1nc(Nc2cccnc2)c2c3occc3c(Cl)cc2n1-c1ccccc1. The lowest BCUT2D eigenvalue weighted by molar-refractivity contribution is 0.619. The van der Waals surface area contributed by atoms with Crippen molar-refractivity contribution in [1.29, 1.82) is 0 Å². The molecule has 0 aliphatic heterocycles. The van der Waals surface area contributed by atoms with Crippen LogP contribution in [0.2, 0.25) is 5.02 Å². The zero-order valence-corrected chi connectivity index (χ0v) is 15.2. The quantitative estimate of drug-likeness (QED) is 0.474. The molecule has 1 N–H and O–H groups in total. The van der Waals surface area contributed by atoms with Crippen LogP contribution in [0.25, 0.3) is 27.6 Å². The number of furan rings is 1. The number of aromatic nitrogens is 3. The number of para-hydroxylation sites is 1. The molecule has 2 aromatic carbocycles. The average Bonchev–Trinajstić information content (AvgIpc) is 3.20. The van der Waals surface area contributed by atoms with Gasteiger partial charge in [-0.15, -0.1) is 0 Å². The molecule has 0 unspecified atom stereocenters. The van der Waals surface area contributed by atoms with Gasteiger partial charge in [0.05, 0.1) is 39.8 Å². The molecule has 0 amide bonds. The molecule has 0 radical (unpaired) electrons. The maximum atomic E-state index is 13.0. The van der Waals surface area contributed by atoms with Crippen molar-refractivity contribution < 1.29 is 4.42 Å². The summed E-state index contributed by atoms with van der Waals surface area (Å²) in [6.45, 7) is 0. The van der Waals surface area contributed by atoms with Gasteiger partial charge in [0.1, 0.15) is 11.4 Å². The van der Waals surface area contributed by atoms with Crippen molar-refractivity contribution in [3.63, 3.8) is 0 Å². The van der Waals surface area contributed by atoms with E-state index in [0.717, 1.165) is 5.39 Å². The van der Waals surface area contributed by atoms with Gasteiger partial charge in [-0.25, -0.2) is 4.79 Å². The molecule has 0 aliphatic carbocycles. The van der Waals surface area contributed by atoms with Crippen molar-refractivity contribution in [3.05, 3.63) is 88.8 Å². The van der Waals surface area contributed by atoms with E-state index in [1.54, 1.807) is 36.9 Å². The monoisotopic (exact) mass is 388 g/mol. The van der Waals surface area contributed by atoms with E-state index in [1.165, 1.54) is 4.57 Å². The second-order valence-electron chi connectivity index (χ2n) is 6.20. The van der Waals surface area contributed by atoms with Gasteiger partial charge < -0.3 is 9.73 Å². The number of anilines is 2. The van der Waals surface area contributed by atoms with Gasteiger partial charge in [0.2, 0.25) is 0 Å². The van der Waals surface area contributed by atoms with E-state index >= 15 is 0 Å². The van der Waals surface area contributed by atoms with Gasteiger partial charge in [-0.1, -0.05) is 29.8 Å². The third kappa shape index (κ3) is 2.62. The molecule has 136 valence electrons. The van der Waals surface area contributed by atoms with Crippen LogP contribution in [0.5, 0.6) is 0 Å². The molecular weight excluding hydrogens is 376 g/mol. The van der Waals surface area contributed by atoms with Crippen molar-refractivity contribution in [1.82, 2.24) is 14.5 Å². The predicted molar refractivity (Wildman–Crippen MR) is 110 cm³/mol. The first-order chi connectivity index (χ1) is 13.7. The van der Waals surface area contributed by atoms with E-state index in [2.05, 4.69) is 15.3 Å². The first kappa shape index (κ1) is 16.5. The molecule has 0 spiro atoms. The number of fused-ring (bicyclic) bond motifs is 3. The van der Waals surface area contributed by atoms with Crippen LogP contribution in [0.15, 0.2) is 82.5 Å². The summed E-state index contributed by atoms with van der Waals surface area (Å²) in [5.41, 5.74) is 2.14. The lowest BCUT2D eigenvalue weighted by Crippen LogP contribution is -2.23. The normalized spacial score (nSPS) is 11.2. The number of halogens is 1. The van der Waals surface area contributed by atoms with Gasteiger partial charge in [-0.3, -0.25) is 9.55 Å². The summed E-state index contributed by atoms with van der Waals surface area (Å²) in [5, 5.41) is 5.09. The highest BCUT2D eigenvalue weighted by Gasteiger charge is 2.19. The Labute approximate surface area is 164 Å². The Morgan fingerprint density at radius 2 is 1.93 bits per heavy atom. The summed E-state index contributed by atoms with van der Waals surface area (Å²) in [7, 11) is 0. The summed E-state index contributed by atoms with van der Waals surface area (Å²) in [5.74, 6) is 0.386. The van der Waals surface area contributed by atoms with Gasteiger partial charge in [0, 0.05) is 11.6 Å². The van der Waals surface area contributed by atoms with Crippen LogP contribution >= 0.6 is 11.6 Å². The van der Waals surface area contributed by atoms with Crippen molar-refractivity contribution in [2.45, 2.75) is 0 Å². The van der Waals surface area contributed by atoms with Crippen molar-refractivity contribution in [2.24, 2.45) is 0 Å². The van der Waals surface area contributed by atoms with Crippen LogP contribution in [-0.4, -0.2) is 14.5 Å². The maximum Gasteiger partial charge on any atom is 0.354 e. The summed E-state index contributed by atoms with van der Waals surface area (Å²) >= 11 is 6.48. The molecule has 0 bridgehead atoms. The number of nitrogens with one attached hydrogen (secondary N) is 1. The predicted octanol–water partition coefficient (Wildman–Crippen LogP) is 4.92. The van der Waals surface area contributed by atoms with Crippen LogP contribution in [0.4, 0.5) is 11.5 Å². The summed E-state index contributed by atoms with van der Waals surface area (Å²) in [6.07, 6.45) is 4.90. The van der Waals surface area contributed by atoms with Gasteiger partial charge in [0.25, 0.3) is 0 Å². The molecule has 0 aliphatic rings. The molecule has 0 fully saturated rings. The van der Waals surface area contributed by atoms with E-state index in [1.807, 2.05) is 36.4 Å². The number of rotatable bonds is 3. The lowest BCUT2D eigenvalue weighted by atomic mass is 10.1. The molecular formula is C21H13ClN4O2. The molecule has 5 rings (SSSR count). The topological polar surface area (TPSA) is 73.0 Å². The van der Waals surface area contributed by atoms with Gasteiger partial charge >= 0.3 is 5.69 Å². The smallest absolute Gasteiger partial charge is 0.354 e. The van der Waals surface area contributed by atoms with E-state index in [0.29, 0.717) is 38.7 Å². The number of nitrogens with zero attached hydrogens (tertiary/aromatic N) is 3. The molecule has 3 heterocycles. The fourth-order valence-corrected chi connectivity index (χ4v) is 3.53. The zero-order valence-electron chi connectivity index (χ0n) is 14.5. The highest BCUT2D eigenvalue weighted by atomic mass is 35.5. The Morgan fingerprint density at radius 3 is 2.71 bits per heavy atom. The van der Waals surface area contributed by atoms with Crippen LogP contribution < -0.4 is 11.0 Å². The van der Waals surface area contributed by atoms with Gasteiger partial charge in [-0.05, 0) is 36.4 Å². The van der Waals surface area contributed by atoms with E-state index in [4.69, 9.17) is 16.0 Å². The van der Waals surface area contributed by atoms with Gasteiger partial charge in [0.15, 0.2) is 0 Å². The van der Waals surface area contributed by atoms with Crippen molar-refractivity contribution in [3.8, 4) is 5.69 Å². The summed E-state index contributed by atoms with van der Waals surface area (Å²) in [6, 6.07) is 16.5. The number of hydrogen-bond donors (Lipinski definition) is 1. The first-order valence-electron chi connectivity index (χ1n) is 8.57. The molecule has 6 nitrogen and oxygen atoms in total. The molecule has 0 saturated heterocycles. The molecule has 0 atom stereocenters. The Morgan fingerprint density at radius 1 is 1.07 bits per heavy atom. The fourth-order valence-electron chi connectivity index (χ4n) is 3.28. The standard InChI is InChI=1S/C21H13ClN4O2/c22-16-11-17-18(19-15(16)8-10-28-19)20(24-13-5-4-9-23-12-13)25-21(27)26(17)14-6-2-1-3-7-14/h1-12H,(H,24,25,27). The highest BCUT2D eigenvalue weighted by molar-refractivity contribution is 6.37. The number of benzene rings is 2. The Hall–Kier alpha value is -3.64. The van der Waals surface area contributed by atoms with E-state index in [9.17, 15) is 4.79 Å². The second-order valence-corrected chi connectivity index (χ2v) is 6.60. The Balaban J connectivity index is 1.89. The summed E-state index contributed by atoms with van der Waals surface area (Å²) in [4.78, 5) is 21.3. The Kier molecular flexibility index (Phi) is 3.84. The van der Waals surface area contributed by atoms with Crippen molar-refractivity contribution >= 4 is 45.0 Å². The van der Waals surface area contributed by atoms with Crippen LogP contribution in [0.1, 0.15) is 0 Å². The third-order valence-electron chi connectivity index (χ3n) is 4.48. The molecule has 5 aromatic rings. The zero-order chi connectivity index (χ0) is 19.1.